The first-order valence-corrected chi connectivity index (χ1v) is 9.96. The van der Waals surface area contributed by atoms with E-state index in [-0.39, 0.29) is 11.4 Å². The zero-order valence-electron chi connectivity index (χ0n) is 12.5. The van der Waals surface area contributed by atoms with Crippen LogP contribution in [0.25, 0.3) is 6.08 Å². The number of hydrogen-bond acceptors (Lipinski definition) is 5. The number of anilines is 1. The van der Waals surface area contributed by atoms with E-state index in [4.69, 9.17) is 4.42 Å². The van der Waals surface area contributed by atoms with Gasteiger partial charge in [-0.3, -0.25) is 19.3 Å². The van der Waals surface area contributed by atoms with Gasteiger partial charge in [-0.25, -0.2) is 0 Å². The third-order valence-corrected chi connectivity index (χ3v) is 5.38. The van der Waals surface area contributed by atoms with E-state index in [9.17, 15) is 14.4 Å². The van der Waals surface area contributed by atoms with Gasteiger partial charge < -0.3 is 9.73 Å². The summed E-state index contributed by atoms with van der Waals surface area (Å²) in [4.78, 5) is 37.7. The molecule has 0 atom stereocenters. The maximum absolute atomic E-state index is 12.4. The normalized spacial score (nSPS) is 15.9. The highest BCUT2D eigenvalue weighted by atomic mass is 127. The number of benzene rings is 1. The summed E-state index contributed by atoms with van der Waals surface area (Å²) in [6.07, 6.45) is 1.50. The van der Waals surface area contributed by atoms with E-state index in [1.165, 1.54) is 6.08 Å². The quantitative estimate of drug-likeness (QED) is 0.435. The lowest BCUT2D eigenvalue weighted by Crippen LogP contribution is -2.36. The number of carbonyl (C=O) groups excluding carboxylic acids is 3. The third kappa shape index (κ3) is 4.64. The number of carbonyl (C=O) groups is 3. The van der Waals surface area contributed by atoms with Gasteiger partial charge in [-0.1, -0.05) is 0 Å². The second-order valence-electron chi connectivity index (χ2n) is 4.96. The zero-order chi connectivity index (χ0) is 18.0. The van der Waals surface area contributed by atoms with Crippen molar-refractivity contribution in [2.24, 2.45) is 0 Å². The Bertz CT molecular complexity index is 877. The van der Waals surface area contributed by atoms with Crippen LogP contribution in [0.5, 0.6) is 0 Å². The standard InChI is InChI=1S/C16H10I2N2O4S/c17-9-1-3-10(4-2-9)19-14(21)8-20-15(22)12(25-16(20)23)7-11-5-6-13(18)24-11/h1-7H,8H2,(H,19,21)/b12-7-. The number of nitrogens with one attached hydrogen (secondary N) is 1. The number of halogens is 2. The summed E-state index contributed by atoms with van der Waals surface area (Å²) in [5, 5.41) is 2.19. The molecule has 9 heteroatoms. The van der Waals surface area contributed by atoms with E-state index in [0.717, 1.165) is 20.2 Å². The minimum atomic E-state index is -0.501. The molecule has 2 heterocycles. The van der Waals surface area contributed by atoms with Crippen molar-refractivity contribution in [2.75, 3.05) is 11.9 Å². The van der Waals surface area contributed by atoms with Crippen LogP contribution in [-0.4, -0.2) is 28.5 Å². The second-order valence-corrected chi connectivity index (χ2v) is 8.27. The molecule has 0 radical (unpaired) electrons. The average molecular weight is 580 g/mol. The Morgan fingerprint density at radius 2 is 1.88 bits per heavy atom. The second kappa shape index (κ2) is 7.91. The summed E-state index contributed by atoms with van der Waals surface area (Å²) in [6, 6.07) is 10.7. The van der Waals surface area contributed by atoms with Gasteiger partial charge in [-0.15, -0.1) is 0 Å². The van der Waals surface area contributed by atoms with Gasteiger partial charge in [0.25, 0.3) is 11.1 Å². The number of nitrogens with zero attached hydrogens (tertiary/aromatic N) is 1. The predicted octanol–water partition coefficient (Wildman–Crippen LogP) is 4.16. The molecule has 1 aliphatic rings. The van der Waals surface area contributed by atoms with Crippen LogP contribution in [0.3, 0.4) is 0 Å². The SMILES string of the molecule is O=C(CN1C(=O)S/C(=C\c2ccc(I)o2)C1=O)Nc1ccc(I)cc1. The Hall–Kier alpha value is -1.34. The number of thioether (sulfide) groups is 1. The molecule has 6 nitrogen and oxygen atoms in total. The summed E-state index contributed by atoms with van der Waals surface area (Å²) in [5.41, 5.74) is 0.609. The van der Waals surface area contributed by atoms with Gasteiger partial charge in [0.2, 0.25) is 5.91 Å². The fourth-order valence-corrected chi connectivity index (χ4v) is 3.66. The summed E-state index contributed by atoms with van der Waals surface area (Å²) in [6.45, 7) is -0.330. The van der Waals surface area contributed by atoms with Crippen LogP contribution in [0.15, 0.2) is 45.7 Å². The summed E-state index contributed by atoms with van der Waals surface area (Å²) < 4.78 is 7.09. The molecular formula is C16H10I2N2O4S. The van der Waals surface area contributed by atoms with E-state index in [2.05, 4.69) is 27.9 Å². The fourth-order valence-electron chi connectivity index (χ4n) is 2.05. The summed E-state index contributed by atoms with van der Waals surface area (Å²) in [7, 11) is 0. The number of furan rings is 1. The van der Waals surface area contributed by atoms with Crippen molar-refractivity contribution < 1.29 is 18.8 Å². The lowest BCUT2D eigenvalue weighted by Gasteiger charge is -2.12. The molecule has 1 saturated heterocycles. The Labute approximate surface area is 174 Å². The van der Waals surface area contributed by atoms with Crippen LogP contribution >= 0.6 is 56.9 Å². The van der Waals surface area contributed by atoms with Crippen molar-refractivity contribution in [2.45, 2.75) is 0 Å². The monoisotopic (exact) mass is 580 g/mol. The fraction of sp³-hybridized carbons (Fsp3) is 0.0625. The van der Waals surface area contributed by atoms with Crippen molar-refractivity contribution in [3.05, 3.63) is 54.4 Å². The Kier molecular flexibility index (Phi) is 5.84. The van der Waals surface area contributed by atoms with E-state index < -0.39 is 17.1 Å². The van der Waals surface area contributed by atoms with Gasteiger partial charge in [0.05, 0.1) is 4.91 Å². The largest absolute Gasteiger partial charge is 0.451 e. The molecule has 1 aromatic carbocycles. The van der Waals surface area contributed by atoms with Crippen LogP contribution in [0.4, 0.5) is 10.5 Å². The minimum absolute atomic E-state index is 0.234. The topological polar surface area (TPSA) is 79.6 Å². The molecule has 25 heavy (non-hydrogen) atoms. The van der Waals surface area contributed by atoms with Gasteiger partial charge in [0.1, 0.15) is 12.3 Å². The molecule has 0 saturated carbocycles. The highest BCUT2D eigenvalue weighted by molar-refractivity contribution is 14.1. The molecule has 128 valence electrons. The molecule has 1 aromatic heterocycles. The van der Waals surface area contributed by atoms with Crippen LogP contribution in [0.1, 0.15) is 5.76 Å². The molecule has 0 spiro atoms. The minimum Gasteiger partial charge on any atom is -0.451 e. The first-order chi connectivity index (χ1) is 11.9. The Morgan fingerprint density at radius 3 is 2.52 bits per heavy atom. The lowest BCUT2D eigenvalue weighted by atomic mass is 10.3. The average Bonchev–Trinajstić information content (AvgIpc) is 3.08. The molecule has 3 rings (SSSR count). The van der Waals surface area contributed by atoms with Crippen LogP contribution in [0.2, 0.25) is 0 Å². The van der Waals surface area contributed by atoms with Gasteiger partial charge in [-0.05, 0) is 93.3 Å². The van der Waals surface area contributed by atoms with E-state index >= 15 is 0 Å². The first-order valence-electron chi connectivity index (χ1n) is 6.98. The maximum atomic E-state index is 12.4. The van der Waals surface area contributed by atoms with Crippen molar-refractivity contribution >= 4 is 85.8 Å². The molecule has 1 aliphatic heterocycles. The number of imide groups is 1. The van der Waals surface area contributed by atoms with Crippen molar-refractivity contribution in [3.8, 4) is 0 Å². The molecule has 0 aliphatic carbocycles. The van der Waals surface area contributed by atoms with Crippen molar-refractivity contribution in [3.63, 3.8) is 0 Å². The first kappa shape index (κ1) is 18.5. The number of amides is 3. The molecule has 2 aromatic rings. The van der Waals surface area contributed by atoms with E-state index in [1.54, 1.807) is 24.3 Å². The van der Waals surface area contributed by atoms with Gasteiger partial charge in [-0.2, -0.15) is 0 Å². The van der Waals surface area contributed by atoms with Crippen molar-refractivity contribution in [1.82, 2.24) is 4.90 Å². The molecule has 1 N–H and O–H groups in total. The van der Waals surface area contributed by atoms with Crippen molar-refractivity contribution in [1.29, 1.82) is 0 Å². The molecule has 0 unspecified atom stereocenters. The molecule has 1 fully saturated rings. The highest BCUT2D eigenvalue weighted by Gasteiger charge is 2.36. The molecular weight excluding hydrogens is 570 g/mol. The Morgan fingerprint density at radius 1 is 1.16 bits per heavy atom. The third-order valence-electron chi connectivity index (χ3n) is 3.17. The van der Waals surface area contributed by atoms with Gasteiger partial charge in [0.15, 0.2) is 3.77 Å². The molecule has 3 amide bonds. The lowest BCUT2D eigenvalue weighted by molar-refractivity contribution is -0.127. The van der Waals surface area contributed by atoms with Crippen LogP contribution < -0.4 is 5.32 Å². The predicted molar refractivity (Wildman–Crippen MR) is 112 cm³/mol. The Balaban J connectivity index is 1.67. The smallest absolute Gasteiger partial charge is 0.294 e. The number of rotatable bonds is 4. The molecule has 0 bridgehead atoms. The van der Waals surface area contributed by atoms with Gasteiger partial charge >= 0.3 is 0 Å². The van der Waals surface area contributed by atoms with E-state index in [0.29, 0.717) is 15.2 Å². The highest BCUT2D eigenvalue weighted by Crippen LogP contribution is 2.32. The number of hydrogen-bond donors (Lipinski definition) is 1. The summed E-state index contributed by atoms with van der Waals surface area (Å²) in [5.74, 6) is -0.449. The van der Waals surface area contributed by atoms with Crippen LogP contribution in [-0.2, 0) is 9.59 Å². The summed E-state index contributed by atoms with van der Waals surface area (Å²) >= 11 is 4.96. The van der Waals surface area contributed by atoms with Crippen LogP contribution in [0, 0.1) is 7.34 Å². The zero-order valence-corrected chi connectivity index (χ0v) is 17.6. The van der Waals surface area contributed by atoms with E-state index in [1.807, 2.05) is 34.7 Å². The van der Waals surface area contributed by atoms with Gasteiger partial charge in [0, 0.05) is 15.3 Å². The maximum Gasteiger partial charge on any atom is 0.294 e.